The molecule has 38 heavy (non-hydrogen) atoms. The van der Waals surface area contributed by atoms with Crippen LogP contribution in [0.1, 0.15) is 46.5 Å². The third-order valence-corrected chi connectivity index (χ3v) is 7.39. The number of nitrogens with one attached hydrogen (secondary N) is 2. The Morgan fingerprint density at radius 2 is 1.95 bits per heavy atom. The maximum absolute atomic E-state index is 13.9. The fraction of sp³-hybridized carbons (Fsp3) is 0.679. The number of fused-ring (bicyclic) bond motifs is 1. The van der Waals surface area contributed by atoms with E-state index in [1.807, 2.05) is 30.0 Å². The van der Waals surface area contributed by atoms with Gasteiger partial charge in [0.05, 0.1) is 24.1 Å². The van der Waals surface area contributed by atoms with Crippen molar-refractivity contribution in [3.8, 4) is 5.75 Å². The van der Waals surface area contributed by atoms with Gasteiger partial charge in [-0.3, -0.25) is 14.4 Å². The minimum absolute atomic E-state index is 0.0108. The molecule has 2 aliphatic heterocycles. The number of piperidine rings is 1. The Labute approximate surface area is 225 Å². The van der Waals surface area contributed by atoms with Gasteiger partial charge in [-0.1, -0.05) is 0 Å². The highest BCUT2D eigenvalue weighted by Gasteiger charge is 2.43. The van der Waals surface area contributed by atoms with Crippen LogP contribution in [-0.2, 0) is 23.9 Å². The van der Waals surface area contributed by atoms with Gasteiger partial charge in [0.2, 0.25) is 11.8 Å². The molecular weight excluding hydrogens is 488 g/mol. The van der Waals surface area contributed by atoms with Crippen LogP contribution >= 0.6 is 0 Å². The molecule has 3 amide bonds. The molecule has 1 aromatic rings. The molecule has 210 valence electrons. The summed E-state index contributed by atoms with van der Waals surface area (Å²) in [6.07, 6.45) is 3.04. The number of carbonyl (C=O) groups excluding carboxylic acids is 3. The van der Waals surface area contributed by atoms with E-state index >= 15 is 0 Å². The number of carbonyl (C=O) groups is 3. The van der Waals surface area contributed by atoms with Crippen molar-refractivity contribution in [2.75, 3.05) is 56.9 Å². The highest BCUT2D eigenvalue weighted by Crippen LogP contribution is 2.43. The maximum Gasteiger partial charge on any atom is 0.270 e. The van der Waals surface area contributed by atoms with Crippen LogP contribution < -0.4 is 25.2 Å². The van der Waals surface area contributed by atoms with Crippen molar-refractivity contribution in [1.82, 2.24) is 10.6 Å². The highest BCUT2D eigenvalue weighted by molar-refractivity contribution is 6.04. The van der Waals surface area contributed by atoms with Gasteiger partial charge < -0.3 is 34.6 Å². The summed E-state index contributed by atoms with van der Waals surface area (Å²) in [5.41, 5.74) is 0.453. The molecule has 2 heterocycles. The van der Waals surface area contributed by atoms with E-state index in [4.69, 9.17) is 14.2 Å². The number of hydrogen-bond acceptors (Lipinski definition) is 7. The minimum atomic E-state index is -0.975. The van der Waals surface area contributed by atoms with Crippen LogP contribution in [0.5, 0.6) is 5.75 Å². The Balaban J connectivity index is 1.54. The predicted octanol–water partition coefficient (Wildman–Crippen LogP) is 2.10. The summed E-state index contributed by atoms with van der Waals surface area (Å²) in [5.74, 6) is -0.140. The van der Waals surface area contributed by atoms with E-state index in [0.29, 0.717) is 57.1 Å². The molecule has 0 unspecified atom stereocenters. The smallest absolute Gasteiger partial charge is 0.270 e. The van der Waals surface area contributed by atoms with Crippen LogP contribution in [-0.4, -0.2) is 82.5 Å². The summed E-state index contributed by atoms with van der Waals surface area (Å²) in [6, 6.07) is 5.69. The van der Waals surface area contributed by atoms with Crippen LogP contribution in [0.3, 0.4) is 0 Å². The van der Waals surface area contributed by atoms with Crippen molar-refractivity contribution in [1.29, 1.82) is 0 Å². The van der Waals surface area contributed by atoms with E-state index in [0.717, 1.165) is 18.5 Å². The standard InChI is InChI=1S/C28H42N4O6/c1-18(17-37-5)30-25(33)19-13-20(16-29-15-19)26(34)32(21-7-8-21)22-9-10-24-23(14-22)31(11-6-12-36-4)27(35)28(2,3)38-24/h9-10,14,18-21,29H,6-8,11-13,15-17H2,1-5H3,(H,30,33)/t18-,19+,20-/m1/s1. The molecule has 0 bridgehead atoms. The van der Waals surface area contributed by atoms with Crippen LogP contribution in [0, 0.1) is 11.8 Å². The lowest BCUT2D eigenvalue weighted by molar-refractivity contribution is -0.132. The lowest BCUT2D eigenvalue weighted by Crippen LogP contribution is -2.53. The second-order valence-corrected chi connectivity index (χ2v) is 11.2. The lowest BCUT2D eigenvalue weighted by atomic mass is 9.88. The fourth-order valence-corrected chi connectivity index (χ4v) is 5.32. The first kappa shape index (κ1) is 28.3. The summed E-state index contributed by atoms with van der Waals surface area (Å²) < 4.78 is 16.4. The number of benzene rings is 1. The number of anilines is 2. The zero-order valence-corrected chi connectivity index (χ0v) is 23.2. The molecule has 0 radical (unpaired) electrons. The highest BCUT2D eigenvalue weighted by atomic mass is 16.5. The second kappa shape index (κ2) is 12.0. The molecule has 4 rings (SSSR count). The van der Waals surface area contributed by atoms with Gasteiger partial charge in [0.25, 0.3) is 5.91 Å². The SMILES string of the molecule is COCCCN1C(=O)C(C)(C)Oc2ccc(N(C(=O)[C@H]3CNC[C@@H](C(=O)N[C@H](C)COC)C3)C3CC3)cc21. The Bertz CT molecular complexity index is 1030. The number of nitrogens with zero attached hydrogens (tertiary/aromatic N) is 2. The number of ether oxygens (including phenoxy) is 3. The van der Waals surface area contributed by atoms with Crippen molar-refractivity contribution in [2.24, 2.45) is 11.8 Å². The van der Waals surface area contributed by atoms with E-state index in [1.54, 1.807) is 33.0 Å². The molecule has 3 atom stereocenters. The molecule has 2 N–H and O–H groups in total. The number of amides is 3. The molecule has 1 saturated heterocycles. The fourth-order valence-electron chi connectivity index (χ4n) is 5.32. The predicted molar refractivity (Wildman–Crippen MR) is 144 cm³/mol. The van der Waals surface area contributed by atoms with Gasteiger partial charge in [-0.15, -0.1) is 0 Å². The first-order chi connectivity index (χ1) is 18.2. The molecule has 0 spiro atoms. The maximum atomic E-state index is 13.9. The van der Waals surface area contributed by atoms with Crippen molar-refractivity contribution >= 4 is 29.1 Å². The number of rotatable bonds is 11. The molecule has 1 aromatic carbocycles. The van der Waals surface area contributed by atoms with Crippen molar-refractivity contribution in [3.05, 3.63) is 18.2 Å². The van der Waals surface area contributed by atoms with Gasteiger partial charge in [-0.05, 0) is 64.7 Å². The topological polar surface area (TPSA) is 109 Å². The number of methoxy groups -OCH3 is 2. The van der Waals surface area contributed by atoms with Crippen LogP contribution in [0.25, 0.3) is 0 Å². The molecule has 3 aliphatic rings. The molecule has 10 nitrogen and oxygen atoms in total. The zero-order chi connectivity index (χ0) is 27.4. The first-order valence-electron chi connectivity index (χ1n) is 13.6. The van der Waals surface area contributed by atoms with Gasteiger partial charge in [0.15, 0.2) is 5.60 Å². The Morgan fingerprint density at radius 3 is 2.63 bits per heavy atom. The Kier molecular flexibility index (Phi) is 8.95. The van der Waals surface area contributed by atoms with E-state index in [9.17, 15) is 14.4 Å². The van der Waals surface area contributed by atoms with E-state index in [1.165, 1.54) is 0 Å². The summed E-state index contributed by atoms with van der Waals surface area (Å²) in [6.45, 7) is 8.00. The average Bonchev–Trinajstić information content (AvgIpc) is 3.72. The summed E-state index contributed by atoms with van der Waals surface area (Å²) in [4.78, 5) is 43.6. The summed E-state index contributed by atoms with van der Waals surface area (Å²) >= 11 is 0. The van der Waals surface area contributed by atoms with E-state index in [-0.39, 0.29) is 41.6 Å². The van der Waals surface area contributed by atoms with Gasteiger partial charge >= 0.3 is 0 Å². The Hall–Kier alpha value is -2.69. The van der Waals surface area contributed by atoms with Gasteiger partial charge in [0, 0.05) is 58.2 Å². The number of hydrogen-bond donors (Lipinski definition) is 2. The minimum Gasteiger partial charge on any atom is -0.476 e. The first-order valence-corrected chi connectivity index (χ1v) is 13.6. The lowest BCUT2D eigenvalue weighted by Gasteiger charge is -2.39. The second-order valence-electron chi connectivity index (χ2n) is 11.2. The largest absolute Gasteiger partial charge is 0.476 e. The Morgan fingerprint density at radius 1 is 1.21 bits per heavy atom. The van der Waals surface area contributed by atoms with Crippen LogP contribution in [0.2, 0.25) is 0 Å². The molecule has 1 saturated carbocycles. The van der Waals surface area contributed by atoms with Gasteiger partial charge in [-0.25, -0.2) is 0 Å². The van der Waals surface area contributed by atoms with E-state index in [2.05, 4.69) is 10.6 Å². The monoisotopic (exact) mass is 530 g/mol. The van der Waals surface area contributed by atoms with E-state index < -0.39 is 5.60 Å². The van der Waals surface area contributed by atoms with Crippen molar-refractivity contribution < 1.29 is 28.6 Å². The normalized spacial score (nSPS) is 23.3. The third kappa shape index (κ3) is 6.30. The third-order valence-electron chi connectivity index (χ3n) is 7.39. The van der Waals surface area contributed by atoms with Gasteiger partial charge in [-0.2, -0.15) is 0 Å². The average molecular weight is 531 g/mol. The zero-order valence-electron chi connectivity index (χ0n) is 23.2. The van der Waals surface area contributed by atoms with Gasteiger partial charge in [0.1, 0.15) is 5.75 Å². The van der Waals surface area contributed by atoms with Crippen LogP contribution in [0.4, 0.5) is 11.4 Å². The molecule has 2 fully saturated rings. The summed E-state index contributed by atoms with van der Waals surface area (Å²) in [7, 11) is 3.25. The van der Waals surface area contributed by atoms with Crippen molar-refractivity contribution in [2.45, 2.75) is 64.1 Å². The molecular formula is C28H42N4O6. The van der Waals surface area contributed by atoms with Crippen LogP contribution in [0.15, 0.2) is 18.2 Å². The summed E-state index contributed by atoms with van der Waals surface area (Å²) in [5, 5.41) is 6.28. The molecule has 0 aromatic heterocycles. The quantitative estimate of drug-likeness (QED) is 0.422. The van der Waals surface area contributed by atoms with Crippen molar-refractivity contribution in [3.63, 3.8) is 0 Å². The molecule has 10 heteroatoms. The molecule has 1 aliphatic carbocycles.